The van der Waals surface area contributed by atoms with Gasteiger partial charge in [0.25, 0.3) is 0 Å². The van der Waals surface area contributed by atoms with Crippen molar-refractivity contribution in [3.05, 3.63) is 69.7 Å². The molecule has 2 aromatic rings. The topological polar surface area (TPSA) is 66.5 Å². The summed E-state index contributed by atoms with van der Waals surface area (Å²) in [5.41, 5.74) is 2.22. The molecule has 1 aliphatic heterocycles. The van der Waals surface area contributed by atoms with Gasteiger partial charge in [-0.05, 0) is 48.9 Å². The maximum atomic E-state index is 12.8. The molecule has 1 N–H and O–H groups in total. The van der Waals surface area contributed by atoms with Crippen LogP contribution in [0.2, 0.25) is 10.0 Å². The Hall–Kier alpha value is -1.25. The van der Waals surface area contributed by atoms with Gasteiger partial charge in [-0.2, -0.15) is 11.8 Å². The number of thioether (sulfide) groups is 1. The van der Waals surface area contributed by atoms with E-state index in [9.17, 15) is 13.2 Å². The van der Waals surface area contributed by atoms with Gasteiger partial charge in [0.2, 0.25) is 15.9 Å². The van der Waals surface area contributed by atoms with Crippen LogP contribution in [0.3, 0.4) is 0 Å². The average Bonchev–Trinajstić information content (AvgIpc) is 2.81. The number of piperidine rings is 1. The molecule has 1 saturated heterocycles. The van der Waals surface area contributed by atoms with Gasteiger partial charge in [0, 0.05) is 31.1 Å². The number of carbonyl (C=O) groups is 1. The molecule has 33 heavy (non-hydrogen) atoms. The molecule has 5 nitrogen and oxygen atoms in total. The van der Waals surface area contributed by atoms with Crippen molar-refractivity contribution in [3.63, 3.8) is 0 Å². The maximum Gasteiger partial charge on any atom is 0.224 e. The number of carbonyl (C=O) groups excluding carboxylic acids is 1. The lowest BCUT2D eigenvalue weighted by molar-refractivity contribution is -0.125. The molecule has 1 heterocycles. The number of rotatable bonds is 11. The molecule has 0 saturated carbocycles. The number of halogens is 2. The van der Waals surface area contributed by atoms with Crippen LogP contribution in [-0.2, 0) is 27.0 Å². The van der Waals surface area contributed by atoms with Crippen LogP contribution in [0.5, 0.6) is 0 Å². The first-order valence-corrected chi connectivity index (χ1v) is 14.7. The number of sulfonamides is 1. The fraction of sp³-hybridized carbons (Fsp3) is 0.458. The van der Waals surface area contributed by atoms with Crippen LogP contribution in [-0.4, -0.2) is 49.8 Å². The molecule has 1 amide bonds. The minimum atomic E-state index is -3.36. The smallest absolute Gasteiger partial charge is 0.224 e. The van der Waals surface area contributed by atoms with E-state index in [1.54, 1.807) is 17.8 Å². The molecular weight excluding hydrogens is 499 g/mol. The normalized spacial score (nSPS) is 17.1. The first kappa shape index (κ1) is 26.4. The molecule has 0 spiro atoms. The van der Waals surface area contributed by atoms with E-state index < -0.39 is 10.0 Å². The zero-order valence-electron chi connectivity index (χ0n) is 18.5. The Labute approximate surface area is 211 Å². The lowest BCUT2D eigenvalue weighted by Gasteiger charge is -2.31. The van der Waals surface area contributed by atoms with Gasteiger partial charge in [-0.15, -0.1) is 0 Å². The Morgan fingerprint density at radius 3 is 2.64 bits per heavy atom. The predicted octanol–water partition coefficient (Wildman–Crippen LogP) is 5.02. The van der Waals surface area contributed by atoms with Crippen LogP contribution in [0.4, 0.5) is 0 Å². The maximum absolute atomic E-state index is 12.8. The minimum Gasteiger partial charge on any atom is -0.355 e. The average molecular weight is 530 g/mol. The Morgan fingerprint density at radius 1 is 1.09 bits per heavy atom. The highest BCUT2D eigenvalue weighted by atomic mass is 35.5. The molecule has 0 aromatic heterocycles. The molecule has 1 atom stereocenters. The summed E-state index contributed by atoms with van der Waals surface area (Å²) in [4.78, 5) is 12.6. The van der Waals surface area contributed by atoms with E-state index in [-0.39, 0.29) is 24.1 Å². The Kier molecular flexibility index (Phi) is 10.4. The van der Waals surface area contributed by atoms with Crippen molar-refractivity contribution in [1.82, 2.24) is 9.62 Å². The third-order valence-electron chi connectivity index (χ3n) is 5.66. The van der Waals surface area contributed by atoms with Gasteiger partial charge in [-0.1, -0.05) is 59.6 Å². The Morgan fingerprint density at radius 2 is 1.88 bits per heavy atom. The quantitative estimate of drug-likeness (QED) is 0.416. The number of hydrogen-bond donors (Lipinski definition) is 1. The summed E-state index contributed by atoms with van der Waals surface area (Å²) < 4.78 is 27.1. The van der Waals surface area contributed by atoms with Gasteiger partial charge >= 0.3 is 0 Å². The van der Waals surface area contributed by atoms with E-state index >= 15 is 0 Å². The van der Waals surface area contributed by atoms with Crippen molar-refractivity contribution in [2.45, 2.75) is 31.4 Å². The van der Waals surface area contributed by atoms with Gasteiger partial charge in [0.1, 0.15) is 0 Å². The first-order valence-electron chi connectivity index (χ1n) is 11.2. The second-order valence-corrected chi connectivity index (χ2v) is 12.2. The largest absolute Gasteiger partial charge is 0.355 e. The van der Waals surface area contributed by atoms with E-state index in [0.29, 0.717) is 36.0 Å². The molecule has 1 fully saturated rings. The predicted molar refractivity (Wildman–Crippen MR) is 138 cm³/mol. The number of nitrogens with zero attached hydrogens (tertiary/aromatic N) is 1. The van der Waals surface area contributed by atoms with Crippen molar-refractivity contribution >= 4 is 50.9 Å². The van der Waals surface area contributed by atoms with E-state index in [0.717, 1.165) is 35.5 Å². The third kappa shape index (κ3) is 8.48. The second kappa shape index (κ2) is 13.0. The van der Waals surface area contributed by atoms with Crippen molar-refractivity contribution in [3.8, 4) is 0 Å². The SMILES string of the molecule is O=C(NCCSCc1ccc(Cl)c(Cl)c1)[C@@H]1CCCN(S(=O)(=O)CCCc2ccccc2)C1. The monoisotopic (exact) mass is 528 g/mol. The molecule has 0 unspecified atom stereocenters. The molecular formula is C24H30Cl2N2O3S2. The Bertz CT molecular complexity index is 1020. The van der Waals surface area contributed by atoms with Crippen LogP contribution in [0.15, 0.2) is 48.5 Å². The highest BCUT2D eigenvalue weighted by molar-refractivity contribution is 7.98. The van der Waals surface area contributed by atoms with Crippen molar-refractivity contribution in [2.24, 2.45) is 5.92 Å². The fourth-order valence-electron chi connectivity index (χ4n) is 3.85. The number of nitrogens with one attached hydrogen (secondary N) is 1. The molecule has 3 rings (SSSR count). The number of amides is 1. The highest BCUT2D eigenvalue weighted by Gasteiger charge is 2.31. The van der Waals surface area contributed by atoms with Crippen molar-refractivity contribution in [2.75, 3.05) is 31.1 Å². The lowest BCUT2D eigenvalue weighted by Crippen LogP contribution is -2.46. The number of hydrogen-bond acceptors (Lipinski definition) is 4. The number of benzene rings is 2. The highest BCUT2D eigenvalue weighted by Crippen LogP contribution is 2.25. The van der Waals surface area contributed by atoms with Crippen LogP contribution >= 0.6 is 35.0 Å². The van der Waals surface area contributed by atoms with Crippen LogP contribution in [0.1, 0.15) is 30.4 Å². The summed E-state index contributed by atoms with van der Waals surface area (Å²) in [7, 11) is -3.36. The second-order valence-electron chi connectivity index (χ2n) is 8.19. The van der Waals surface area contributed by atoms with E-state index in [4.69, 9.17) is 23.2 Å². The zero-order chi connectivity index (χ0) is 23.7. The van der Waals surface area contributed by atoms with Crippen molar-refractivity contribution in [1.29, 1.82) is 0 Å². The summed E-state index contributed by atoms with van der Waals surface area (Å²) in [6, 6.07) is 15.5. The lowest BCUT2D eigenvalue weighted by atomic mass is 9.99. The number of aryl methyl sites for hydroxylation is 1. The summed E-state index contributed by atoms with van der Waals surface area (Å²) in [6.07, 6.45) is 2.74. The summed E-state index contributed by atoms with van der Waals surface area (Å²) in [5.74, 6) is 1.31. The van der Waals surface area contributed by atoms with E-state index in [2.05, 4.69) is 5.32 Å². The summed E-state index contributed by atoms with van der Waals surface area (Å²) in [5, 5.41) is 4.05. The van der Waals surface area contributed by atoms with Gasteiger partial charge in [0.15, 0.2) is 0 Å². The molecule has 2 aromatic carbocycles. The van der Waals surface area contributed by atoms with Crippen LogP contribution < -0.4 is 5.32 Å². The van der Waals surface area contributed by atoms with Gasteiger partial charge in [0.05, 0.1) is 21.7 Å². The van der Waals surface area contributed by atoms with E-state index in [1.807, 2.05) is 42.5 Å². The van der Waals surface area contributed by atoms with E-state index in [1.165, 1.54) is 4.31 Å². The molecule has 0 radical (unpaired) electrons. The molecule has 180 valence electrons. The van der Waals surface area contributed by atoms with Crippen LogP contribution in [0.25, 0.3) is 0 Å². The fourth-order valence-corrected chi connectivity index (χ4v) is 6.56. The molecule has 0 aliphatic carbocycles. The summed E-state index contributed by atoms with van der Waals surface area (Å²) >= 11 is 13.7. The third-order valence-corrected chi connectivity index (χ3v) is 9.35. The standard InChI is InChI=1S/C24H30Cl2N2O3S2/c25-22-11-10-20(16-23(22)26)18-32-14-12-27-24(29)21-9-4-13-28(17-21)33(30,31)15-5-8-19-6-2-1-3-7-19/h1-3,6-7,10-11,16,21H,4-5,8-9,12-15,17-18H2,(H,27,29)/t21-/m1/s1. The van der Waals surface area contributed by atoms with Gasteiger partial charge < -0.3 is 5.32 Å². The minimum absolute atomic E-state index is 0.0608. The molecule has 1 aliphatic rings. The van der Waals surface area contributed by atoms with Gasteiger partial charge in [-0.25, -0.2) is 12.7 Å². The van der Waals surface area contributed by atoms with Crippen LogP contribution in [0, 0.1) is 5.92 Å². The molecule has 0 bridgehead atoms. The van der Waals surface area contributed by atoms with Gasteiger partial charge in [-0.3, -0.25) is 4.79 Å². The first-order chi connectivity index (χ1) is 15.8. The van der Waals surface area contributed by atoms with Crippen molar-refractivity contribution < 1.29 is 13.2 Å². The summed E-state index contributed by atoms with van der Waals surface area (Å²) in [6.45, 7) is 1.32. The zero-order valence-corrected chi connectivity index (χ0v) is 21.7. The molecule has 9 heteroatoms. The Balaban J connectivity index is 1.37.